The summed E-state index contributed by atoms with van der Waals surface area (Å²) < 4.78 is 24.7. The van der Waals surface area contributed by atoms with Crippen molar-refractivity contribution in [1.82, 2.24) is 38.5 Å². The van der Waals surface area contributed by atoms with Crippen LogP contribution in [-0.2, 0) is 46.2 Å². The van der Waals surface area contributed by atoms with E-state index in [1.54, 1.807) is 18.5 Å². The first-order chi connectivity index (χ1) is 36.0. The number of ether oxygens (including phenoxy) is 3. The highest BCUT2D eigenvalue weighted by molar-refractivity contribution is 14.0. The van der Waals surface area contributed by atoms with Crippen LogP contribution in [0.1, 0.15) is 52.2 Å². The van der Waals surface area contributed by atoms with E-state index in [9.17, 15) is 48.9 Å². The number of ketones is 1. The minimum atomic E-state index is -1.08. The molecule has 5 unspecified atom stereocenters. The van der Waals surface area contributed by atoms with Gasteiger partial charge in [0.05, 0.1) is 43.1 Å². The van der Waals surface area contributed by atoms with Crippen molar-refractivity contribution in [3.05, 3.63) is 71.8 Å². The topological polar surface area (TPSA) is 289 Å². The van der Waals surface area contributed by atoms with Crippen LogP contribution < -0.4 is 11.1 Å². The lowest BCUT2D eigenvalue weighted by atomic mass is 9.82. The zero-order valence-corrected chi connectivity index (χ0v) is 52.8. The molecule has 7 N–H and O–H groups in total. The summed E-state index contributed by atoms with van der Waals surface area (Å²) in [4.78, 5) is 81.6. The molecule has 8 fully saturated rings. The van der Waals surface area contributed by atoms with Crippen LogP contribution in [0.3, 0.4) is 0 Å². The van der Waals surface area contributed by atoms with E-state index in [1.165, 1.54) is 16.7 Å². The average molecular weight is 1300 g/mol. The van der Waals surface area contributed by atoms with E-state index in [2.05, 4.69) is 56.9 Å². The number of amides is 5. The fourth-order valence-corrected chi connectivity index (χ4v) is 12.1. The van der Waals surface area contributed by atoms with Gasteiger partial charge >= 0.3 is 24.2 Å². The van der Waals surface area contributed by atoms with Crippen molar-refractivity contribution in [2.75, 3.05) is 78.7 Å². The Balaban J connectivity index is 0.000000212. The van der Waals surface area contributed by atoms with Crippen molar-refractivity contribution in [3.63, 3.8) is 0 Å². The van der Waals surface area contributed by atoms with Gasteiger partial charge in [0, 0.05) is 64.8 Å². The normalized spacial score (nSPS) is 25.3. The van der Waals surface area contributed by atoms with Crippen molar-refractivity contribution in [1.29, 1.82) is 0 Å². The van der Waals surface area contributed by atoms with E-state index in [0.29, 0.717) is 84.0 Å². The highest BCUT2D eigenvalue weighted by Crippen LogP contribution is 2.36. The minimum Gasteiger partial charge on any atom is -0.481 e. The number of Topliss-reactive ketones (excluding diaryl/α,β-unsaturated/α-hetero) is 1. The van der Waals surface area contributed by atoms with Gasteiger partial charge in [-0.15, -0.1) is 24.0 Å². The first kappa shape index (κ1) is 67.8. The third-order valence-corrected chi connectivity index (χ3v) is 16.4. The van der Waals surface area contributed by atoms with Gasteiger partial charge in [0.25, 0.3) is 0 Å². The predicted octanol–water partition coefficient (Wildman–Crippen LogP) is 1.99. The molecule has 0 aromatic heterocycles. The van der Waals surface area contributed by atoms with Crippen molar-refractivity contribution >= 4 is 113 Å². The van der Waals surface area contributed by atoms with E-state index in [0.717, 1.165) is 24.2 Å². The quantitative estimate of drug-likeness (QED) is 0.113. The van der Waals surface area contributed by atoms with E-state index in [-0.39, 0.29) is 78.3 Å². The summed E-state index contributed by atoms with van der Waals surface area (Å²) in [6, 6.07) is 19.0. The molecule has 2 aromatic carbocycles. The van der Waals surface area contributed by atoms with Crippen molar-refractivity contribution in [3.8, 4) is 0 Å². The molecule has 5 amide bonds. The zero-order valence-electron chi connectivity index (χ0n) is 44.7. The molecule has 8 aliphatic heterocycles. The number of alkyl carbamates (subject to hydrolysis) is 1. The van der Waals surface area contributed by atoms with Crippen LogP contribution in [0.15, 0.2) is 60.7 Å². The van der Waals surface area contributed by atoms with E-state index >= 15 is 0 Å². The Bertz CT molecular complexity index is 2360. The number of nitrogens with zero attached hydrogens (tertiary/aromatic N) is 7. The molecule has 8 aliphatic rings. The second-order valence-corrected chi connectivity index (χ2v) is 24.6. The van der Waals surface area contributed by atoms with Crippen LogP contribution in [0.4, 0.5) is 14.4 Å². The lowest BCUT2D eigenvalue weighted by molar-refractivity contribution is -0.160. The number of carbonyl (C=O) groups excluding carboxylic acids is 6. The summed E-state index contributed by atoms with van der Waals surface area (Å²) in [5.74, 6) is -2.47. The summed E-state index contributed by atoms with van der Waals surface area (Å²) in [5, 5.41) is 40.9. The number of carboxylic acids is 1. The van der Waals surface area contributed by atoms with Gasteiger partial charge in [-0.1, -0.05) is 121 Å². The Kier molecular flexibility index (Phi) is 25.6. The largest absolute Gasteiger partial charge is 0.481 e. The highest BCUT2D eigenvalue weighted by atomic mass is 127. The van der Waals surface area contributed by atoms with E-state index in [1.807, 2.05) is 88.5 Å². The number of carbonyl (C=O) groups is 7. The van der Waals surface area contributed by atoms with Gasteiger partial charge in [-0.25, -0.2) is 24.2 Å². The molecule has 29 heteroatoms. The van der Waals surface area contributed by atoms with Gasteiger partial charge in [0.15, 0.2) is 11.4 Å². The lowest BCUT2D eigenvalue weighted by Gasteiger charge is -2.47. The number of aliphatic carboxylic acids is 1. The van der Waals surface area contributed by atoms with Crippen LogP contribution in [0.25, 0.3) is 0 Å². The maximum atomic E-state index is 12.7. The molecule has 0 saturated carbocycles. The molecular formula is C49H79IN9O14P5. The standard InChI is InChI=1S/C16H21N2O4P.C13H15NO3.C6H11N2O2P.C6H12NO3P.C5H13N2OP.C3H6NOP.HI/c1-11(16(21)9-17(23)10-16)14(19)18-13(8-22-15(18)20)7-12-5-3-2-4-6-12;1-2-12(15)14-11(9-17-13(14)16)8-10-6-4-3-5-7-10;1-4-6(2-8(11)3-6)10-5(9)7-4;1-4(5(8)9)6(10)2-7(11)3-6;1-4(6)5(8)2-7(9)3-5;5-3-1-4(6)2-3;/h2-6,11,13,21H,7-10,23H2,1H3;3-7,11H,2,8-9H2,1H3;4H,2-3,11H2,1H3,(H,7,9);4,10H,2-3,11H2,1H3,(H,8,9);4,8H,2-3,6,9H2,1H3;1-2,6H2;1H/t11-,13-;11-;3*4-;;/m11010../s1. The number of imide groups is 2. The van der Waals surface area contributed by atoms with Gasteiger partial charge in [0.1, 0.15) is 30.0 Å². The van der Waals surface area contributed by atoms with Crippen LogP contribution in [0.2, 0.25) is 0 Å². The minimum absolute atomic E-state index is 0. The van der Waals surface area contributed by atoms with Crippen molar-refractivity contribution < 1.29 is 68.2 Å². The van der Waals surface area contributed by atoms with Crippen LogP contribution in [-0.4, -0.2) is 221 Å². The van der Waals surface area contributed by atoms with Crippen LogP contribution in [0, 0.1) is 11.8 Å². The second-order valence-electron chi connectivity index (χ2n) is 20.9. The number of cyclic esters (lactones) is 2. The molecular weight excluding hydrogens is 1220 g/mol. The first-order valence-electron chi connectivity index (χ1n) is 25.3. The molecule has 1 spiro atoms. The van der Waals surface area contributed by atoms with Gasteiger partial charge in [-0.2, -0.15) is 0 Å². The van der Waals surface area contributed by atoms with Crippen molar-refractivity contribution in [2.24, 2.45) is 17.6 Å². The monoisotopic (exact) mass is 1300 g/mol. The van der Waals surface area contributed by atoms with Crippen molar-refractivity contribution in [2.45, 2.75) is 100 Å². The molecule has 8 heterocycles. The Labute approximate surface area is 485 Å². The number of carboxylic acid groups (broad SMARTS) is 1. The van der Waals surface area contributed by atoms with Gasteiger partial charge in [-0.3, -0.25) is 42.5 Å². The maximum absolute atomic E-state index is 12.7. The average Bonchev–Trinajstić information content (AvgIpc) is 3.99. The Morgan fingerprint density at radius 3 is 1.37 bits per heavy atom. The summed E-state index contributed by atoms with van der Waals surface area (Å²) >= 11 is 0. The van der Waals surface area contributed by atoms with E-state index in [4.69, 9.17) is 25.1 Å². The molecule has 10 rings (SSSR count). The fraction of sp³-hybridized carbons (Fsp3) is 0.612. The fourth-order valence-electron chi connectivity index (χ4n) is 9.21. The Morgan fingerprint density at radius 1 is 0.654 bits per heavy atom. The number of halogens is 1. The number of hydrogen-bond donors (Lipinski definition) is 6. The molecule has 78 heavy (non-hydrogen) atoms. The van der Waals surface area contributed by atoms with Crippen LogP contribution >= 0.6 is 70.9 Å². The lowest BCUT2D eigenvalue weighted by Crippen LogP contribution is -2.65. The molecule has 436 valence electrons. The predicted molar refractivity (Wildman–Crippen MR) is 318 cm³/mol. The number of nitrogens with two attached hydrogens (primary N) is 1. The SMILES string of the molecule is CCC(=O)N1C(=O)OC[C@H]1Cc1ccccc1.C[C@@H]1NC(=O)OC12CN(P)C2.C[C@H](C(=O)N1C(=O)OC[C@H]1Cc1ccccc1)C1(O)CN(P)C1.C[C@H](C(=O)O)C1(O)CN(P)C1.C[C@H](N)C1(O)CN(P)C1.I.O=C1CN(P)C1. The molecule has 2 aromatic rings. The number of β-amino-alcohol motifs (C(OH)–C–C–N with tert-alkyl or cyclic N) is 3. The van der Waals surface area contributed by atoms with Gasteiger partial charge < -0.3 is 45.7 Å². The number of nitrogens with one attached hydrogen (secondary N) is 1. The van der Waals surface area contributed by atoms with E-state index < -0.39 is 46.8 Å². The molecule has 8 saturated heterocycles. The number of rotatable bonds is 10. The smallest absolute Gasteiger partial charge is 0.416 e. The summed E-state index contributed by atoms with van der Waals surface area (Å²) in [7, 11) is 12.5. The molecule has 11 atom stereocenters. The molecule has 0 aliphatic carbocycles. The summed E-state index contributed by atoms with van der Waals surface area (Å²) in [5.41, 5.74) is 4.69. The number of hydrogen-bond acceptors (Lipinski definition) is 19. The third-order valence-electron chi connectivity index (χ3n) is 14.5. The second kappa shape index (κ2) is 29.5. The van der Waals surface area contributed by atoms with Gasteiger partial charge in [-0.05, 0) is 44.7 Å². The molecule has 23 nitrogen and oxygen atoms in total. The Morgan fingerprint density at radius 2 is 1.05 bits per heavy atom. The maximum Gasteiger partial charge on any atom is 0.416 e. The highest BCUT2D eigenvalue weighted by Gasteiger charge is 2.55. The summed E-state index contributed by atoms with van der Waals surface area (Å²) in [6.07, 6.45) is 0.111. The third kappa shape index (κ3) is 17.9. The molecule has 0 radical (unpaired) electrons. The number of benzene rings is 2. The number of aliphatic hydroxyl groups is 3. The Hall–Kier alpha value is -2.75. The van der Waals surface area contributed by atoms with Gasteiger partial charge in [0.2, 0.25) is 11.8 Å². The zero-order chi connectivity index (χ0) is 57.2. The molecule has 0 bridgehead atoms. The first-order valence-corrected chi connectivity index (χ1v) is 27.8. The summed E-state index contributed by atoms with van der Waals surface area (Å²) in [6.45, 7) is 15.1. The van der Waals surface area contributed by atoms with Crippen LogP contribution in [0.5, 0.6) is 0 Å².